The lowest BCUT2D eigenvalue weighted by atomic mass is 10.2. The number of hydrogen-bond donors (Lipinski definition) is 3. The zero-order valence-corrected chi connectivity index (χ0v) is 19.5. The van der Waals surface area contributed by atoms with Crippen molar-refractivity contribution in [3.05, 3.63) is 53.8 Å². The molecule has 3 N–H and O–H groups in total. The normalized spacial score (nSPS) is 13.2. The molecule has 0 aliphatic heterocycles. The predicted octanol–water partition coefficient (Wildman–Crippen LogP) is 4.26. The van der Waals surface area contributed by atoms with Crippen LogP contribution in [0.15, 0.2) is 42.5 Å². The van der Waals surface area contributed by atoms with Crippen molar-refractivity contribution in [1.82, 2.24) is 5.32 Å². The smallest absolute Gasteiger partial charge is 0.414 e. The van der Waals surface area contributed by atoms with Crippen LogP contribution in [0, 0.1) is 5.82 Å². The number of carboxylic acids is 2. The first kappa shape index (κ1) is 26.9. The minimum Gasteiger partial charge on any atom is -0.490 e. The third-order valence-corrected chi connectivity index (χ3v) is 4.82. The minimum absolute atomic E-state index is 0.00432. The highest BCUT2D eigenvalue weighted by molar-refractivity contribution is 6.27. The van der Waals surface area contributed by atoms with Crippen LogP contribution in [-0.4, -0.2) is 47.5 Å². The summed E-state index contributed by atoms with van der Waals surface area (Å²) in [6.07, 6.45) is 5.21. The summed E-state index contributed by atoms with van der Waals surface area (Å²) in [5, 5.41) is 18.1. The Kier molecular flexibility index (Phi) is 11.1. The molecule has 8 nitrogen and oxygen atoms in total. The fourth-order valence-electron chi connectivity index (χ4n) is 3.34. The largest absolute Gasteiger partial charge is 0.490 e. The molecule has 0 bridgehead atoms. The maximum absolute atomic E-state index is 13.5. The van der Waals surface area contributed by atoms with Gasteiger partial charge < -0.3 is 29.7 Å². The van der Waals surface area contributed by atoms with E-state index in [9.17, 15) is 4.39 Å². The van der Waals surface area contributed by atoms with Crippen molar-refractivity contribution >= 4 is 11.9 Å². The number of ether oxygens (including phenoxy) is 3. The molecule has 2 aromatic carbocycles. The lowest BCUT2D eigenvalue weighted by Gasteiger charge is -2.15. The molecule has 0 saturated heterocycles. The second-order valence-corrected chi connectivity index (χ2v) is 8.06. The highest BCUT2D eigenvalue weighted by Crippen LogP contribution is 2.29. The highest BCUT2D eigenvalue weighted by atomic mass is 19.1. The summed E-state index contributed by atoms with van der Waals surface area (Å²) in [7, 11) is 0. The van der Waals surface area contributed by atoms with E-state index in [0.717, 1.165) is 25.1 Å². The molecule has 0 radical (unpaired) electrons. The van der Waals surface area contributed by atoms with Gasteiger partial charge in [-0.15, -0.1) is 0 Å². The van der Waals surface area contributed by atoms with Crippen LogP contribution >= 0.6 is 0 Å². The molecule has 0 amide bonds. The summed E-state index contributed by atoms with van der Waals surface area (Å²) in [5.74, 6) is -2.04. The van der Waals surface area contributed by atoms with Crippen LogP contribution in [0.4, 0.5) is 4.39 Å². The molecule has 0 atom stereocenters. The number of carboxylic acid groups (broad SMARTS) is 2. The topological polar surface area (TPSA) is 114 Å². The van der Waals surface area contributed by atoms with Gasteiger partial charge in [-0.2, -0.15) is 0 Å². The number of carbonyl (C=O) groups is 2. The van der Waals surface area contributed by atoms with E-state index in [0.29, 0.717) is 30.8 Å². The highest BCUT2D eigenvalue weighted by Gasteiger charge is 2.16. The van der Waals surface area contributed by atoms with Crippen molar-refractivity contribution in [2.45, 2.75) is 58.3 Å². The molecule has 1 aliphatic rings. The summed E-state index contributed by atoms with van der Waals surface area (Å²) in [6, 6.07) is 12.6. The van der Waals surface area contributed by atoms with Crippen molar-refractivity contribution in [3.63, 3.8) is 0 Å². The maximum Gasteiger partial charge on any atom is 0.414 e. The van der Waals surface area contributed by atoms with Gasteiger partial charge in [0, 0.05) is 19.2 Å². The summed E-state index contributed by atoms with van der Waals surface area (Å²) >= 11 is 0. The molecule has 1 saturated carbocycles. The average Bonchev–Trinajstić information content (AvgIpc) is 3.28. The van der Waals surface area contributed by atoms with E-state index < -0.39 is 11.9 Å². The molecule has 1 fully saturated rings. The minimum atomic E-state index is -1.82. The lowest BCUT2D eigenvalue weighted by molar-refractivity contribution is -0.159. The van der Waals surface area contributed by atoms with Gasteiger partial charge in [0.2, 0.25) is 0 Å². The zero-order valence-electron chi connectivity index (χ0n) is 19.5. The van der Waals surface area contributed by atoms with E-state index in [2.05, 4.69) is 17.4 Å². The predicted molar refractivity (Wildman–Crippen MR) is 124 cm³/mol. The summed E-state index contributed by atoms with van der Waals surface area (Å²) < 4.78 is 30.9. The van der Waals surface area contributed by atoms with Crippen LogP contribution in [0.3, 0.4) is 0 Å². The van der Waals surface area contributed by atoms with Crippen molar-refractivity contribution in [1.29, 1.82) is 0 Å². The molecule has 0 heterocycles. The molecule has 0 spiro atoms. The first-order chi connectivity index (χ1) is 16.2. The Morgan fingerprint density at radius 1 is 1.06 bits per heavy atom. The molecular formula is C25H32FNO7. The van der Waals surface area contributed by atoms with Gasteiger partial charge in [0.25, 0.3) is 0 Å². The Morgan fingerprint density at radius 2 is 1.76 bits per heavy atom. The van der Waals surface area contributed by atoms with Gasteiger partial charge in [-0.1, -0.05) is 12.1 Å². The first-order valence-electron chi connectivity index (χ1n) is 11.3. The average molecular weight is 478 g/mol. The lowest BCUT2D eigenvalue weighted by Crippen LogP contribution is -2.21. The standard InChI is InChI=1S/C23H30FNO3.C2H2O4/c1-17(2)27-22-11-10-19(24)15-23(22)26-13-12-25-16-18-6-5-9-21(14-18)28-20-7-3-4-8-20;3-1(4)2(5)6/h5-6,9-11,14-15,17,20,25H,3-4,7-8,12-13,16H2,1-2H3;(H,3,4)(H,5,6). The van der Waals surface area contributed by atoms with E-state index in [1.807, 2.05) is 26.0 Å². The van der Waals surface area contributed by atoms with Gasteiger partial charge in [0.05, 0.1) is 12.2 Å². The van der Waals surface area contributed by atoms with Gasteiger partial charge in [-0.3, -0.25) is 0 Å². The Labute approximate surface area is 198 Å². The van der Waals surface area contributed by atoms with Crippen LogP contribution in [-0.2, 0) is 16.1 Å². The molecule has 3 rings (SSSR count). The number of halogens is 1. The summed E-state index contributed by atoms with van der Waals surface area (Å²) in [6.45, 7) is 5.66. The van der Waals surface area contributed by atoms with E-state index in [-0.39, 0.29) is 11.9 Å². The number of rotatable bonds is 10. The third kappa shape index (κ3) is 10.1. The Hall–Kier alpha value is -3.33. The molecular weight excluding hydrogens is 445 g/mol. The first-order valence-corrected chi connectivity index (χ1v) is 11.3. The maximum atomic E-state index is 13.5. The van der Waals surface area contributed by atoms with E-state index in [1.165, 1.54) is 30.5 Å². The van der Waals surface area contributed by atoms with Crippen LogP contribution in [0.25, 0.3) is 0 Å². The fraction of sp³-hybridized carbons (Fsp3) is 0.440. The molecule has 9 heteroatoms. The van der Waals surface area contributed by atoms with Gasteiger partial charge >= 0.3 is 11.9 Å². The Bertz CT molecular complexity index is 917. The third-order valence-electron chi connectivity index (χ3n) is 4.82. The van der Waals surface area contributed by atoms with E-state index in [4.69, 9.17) is 34.0 Å². The van der Waals surface area contributed by atoms with Gasteiger partial charge in [-0.05, 0) is 69.4 Å². The van der Waals surface area contributed by atoms with Gasteiger partial charge in [0.15, 0.2) is 11.5 Å². The van der Waals surface area contributed by atoms with Crippen molar-refractivity contribution in [2.24, 2.45) is 0 Å². The monoisotopic (exact) mass is 477 g/mol. The molecule has 34 heavy (non-hydrogen) atoms. The molecule has 186 valence electrons. The second-order valence-electron chi connectivity index (χ2n) is 8.06. The van der Waals surface area contributed by atoms with Crippen molar-refractivity contribution < 1.29 is 38.4 Å². The van der Waals surface area contributed by atoms with Crippen molar-refractivity contribution in [3.8, 4) is 17.2 Å². The number of benzene rings is 2. The van der Waals surface area contributed by atoms with Crippen LogP contribution in [0.5, 0.6) is 17.2 Å². The summed E-state index contributed by atoms with van der Waals surface area (Å²) in [4.78, 5) is 18.2. The zero-order chi connectivity index (χ0) is 24.9. The number of nitrogens with one attached hydrogen (secondary N) is 1. The number of aliphatic carboxylic acids is 2. The molecule has 0 aromatic heterocycles. The molecule has 1 aliphatic carbocycles. The fourth-order valence-corrected chi connectivity index (χ4v) is 3.34. The van der Waals surface area contributed by atoms with E-state index in [1.54, 1.807) is 6.07 Å². The molecule has 2 aromatic rings. The van der Waals surface area contributed by atoms with Gasteiger partial charge in [-0.25, -0.2) is 14.0 Å². The Balaban J connectivity index is 0.000000604. The van der Waals surface area contributed by atoms with Crippen LogP contribution in [0.1, 0.15) is 45.1 Å². The molecule has 0 unspecified atom stereocenters. The number of hydrogen-bond acceptors (Lipinski definition) is 6. The SMILES string of the molecule is CC(C)Oc1ccc(F)cc1OCCNCc1cccc(OC2CCCC2)c1.O=C(O)C(=O)O. The van der Waals surface area contributed by atoms with E-state index >= 15 is 0 Å². The Morgan fingerprint density at radius 3 is 2.41 bits per heavy atom. The van der Waals surface area contributed by atoms with Crippen LogP contribution < -0.4 is 19.5 Å². The van der Waals surface area contributed by atoms with Gasteiger partial charge in [0.1, 0.15) is 18.2 Å². The second kappa shape index (κ2) is 14.0. The quantitative estimate of drug-likeness (QED) is 0.344. The van der Waals surface area contributed by atoms with Crippen LogP contribution in [0.2, 0.25) is 0 Å². The van der Waals surface area contributed by atoms with Crippen molar-refractivity contribution in [2.75, 3.05) is 13.2 Å². The summed E-state index contributed by atoms with van der Waals surface area (Å²) in [5.41, 5.74) is 1.17.